The number of carboxylic acid groups (broad SMARTS) is 3. The van der Waals surface area contributed by atoms with Crippen molar-refractivity contribution in [1.82, 2.24) is 5.32 Å². The molecule has 14 heteroatoms. The number of hydrogen-bond acceptors (Lipinski definition) is 8. The van der Waals surface area contributed by atoms with Gasteiger partial charge in [0.05, 0.1) is 0 Å². The third kappa shape index (κ3) is 26.3. The minimum absolute atomic E-state index is 0.0602. The summed E-state index contributed by atoms with van der Waals surface area (Å²) in [5, 5.41) is 27.2. The van der Waals surface area contributed by atoms with Crippen LogP contribution in [0.25, 0.3) is 0 Å². The number of carbonyl (C=O) groups excluding carboxylic acids is 1. The van der Waals surface area contributed by atoms with Gasteiger partial charge in [-0.15, -0.1) is 0 Å². The Kier molecular flexibility index (Phi) is 24.2. The van der Waals surface area contributed by atoms with Crippen molar-refractivity contribution in [3.8, 4) is 0 Å². The summed E-state index contributed by atoms with van der Waals surface area (Å²) in [5.41, 5.74) is 25.5. The van der Waals surface area contributed by atoms with Gasteiger partial charge in [-0.1, -0.05) is 0 Å². The molecule has 0 aromatic heterocycles. The molecule has 0 aromatic carbocycles. The average molecular weight is 552 g/mol. The molecule has 14 N–H and O–H groups in total. The van der Waals surface area contributed by atoms with E-state index in [0.717, 1.165) is 4.47 Å². The molecule has 0 spiro atoms. The smallest absolute Gasteiger partial charge is 0.320 e. The van der Waals surface area contributed by atoms with E-state index in [1.54, 1.807) is 0 Å². The van der Waals surface area contributed by atoms with Gasteiger partial charge in [-0.25, -0.2) is 4.79 Å². The van der Waals surface area contributed by atoms with E-state index in [-0.39, 0.29) is 20.9 Å². The predicted molar refractivity (Wildman–Crippen MR) is 113 cm³/mol. The number of carbonyl (C=O) groups is 4. The van der Waals surface area contributed by atoms with E-state index in [1.807, 2.05) is 0 Å². The first kappa shape index (κ1) is 33.0. The second-order valence-corrected chi connectivity index (χ2v) is 8.79. The van der Waals surface area contributed by atoms with Crippen molar-refractivity contribution in [2.75, 3.05) is 13.1 Å². The fraction of sp³-hybridized carbons (Fsp3) is 0.750. The molecule has 0 heterocycles. The molecule has 0 bridgehead atoms. The van der Waals surface area contributed by atoms with Crippen molar-refractivity contribution >= 4 is 44.9 Å². The van der Waals surface area contributed by atoms with E-state index >= 15 is 0 Å². The summed E-state index contributed by atoms with van der Waals surface area (Å²) in [4.78, 5) is 42.6. The summed E-state index contributed by atoms with van der Waals surface area (Å²) in [6, 6.07) is -2.85. The maximum atomic E-state index is 10.2. The first-order chi connectivity index (χ1) is 13.9. The van der Waals surface area contributed by atoms with Gasteiger partial charge in [0.15, 0.2) is 0 Å². The van der Waals surface area contributed by atoms with E-state index in [0.29, 0.717) is 45.2 Å². The predicted octanol–water partition coefficient (Wildman–Crippen LogP) is -2.06. The minimum Gasteiger partial charge on any atom is -0.480 e. The molecule has 0 rings (SSSR count). The number of amides is 2. The Morgan fingerprint density at radius 3 is 1.57 bits per heavy atom. The summed E-state index contributed by atoms with van der Waals surface area (Å²) in [6.07, 6.45) is 2.62. The zero-order chi connectivity index (χ0) is 24.1. The van der Waals surface area contributed by atoms with Gasteiger partial charge in [0, 0.05) is 6.54 Å². The molecule has 30 heavy (non-hydrogen) atoms. The number of aliphatic carboxylic acids is 3. The second kappa shape index (κ2) is 22.0. The van der Waals surface area contributed by atoms with Gasteiger partial charge in [-0.05, 0) is 32.2 Å². The van der Waals surface area contributed by atoms with Crippen LogP contribution in [-0.4, -0.2) is 91.4 Å². The Bertz CT molecular complexity index is 475. The summed E-state index contributed by atoms with van der Waals surface area (Å²) in [5.74, 6) is -2.87. The molecule has 0 aliphatic carbocycles. The Morgan fingerprint density at radius 1 is 0.833 bits per heavy atom. The fourth-order valence-electron chi connectivity index (χ4n) is 1.49. The van der Waals surface area contributed by atoms with Crippen molar-refractivity contribution in [3.63, 3.8) is 0 Å². The number of carboxylic acids is 3. The van der Waals surface area contributed by atoms with Gasteiger partial charge in [-0.2, -0.15) is 0 Å². The number of nitrogens with two attached hydrogens (primary N) is 5. The molecule has 0 radical (unpaired) electrons. The van der Waals surface area contributed by atoms with Gasteiger partial charge in [0.25, 0.3) is 0 Å². The van der Waals surface area contributed by atoms with Crippen LogP contribution in [0.1, 0.15) is 32.1 Å². The average Bonchev–Trinajstić information content (AvgIpc) is 2.67. The number of urea groups is 1. The van der Waals surface area contributed by atoms with Crippen molar-refractivity contribution < 1.29 is 34.5 Å². The Balaban J connectivity index is -0.000000371. The summed E-state index contributed by atoms with van der Waals surface area (Å²) >= 11 is 0.0602. The Hall–Kier alpha value is -1.69. The van der Waals surface area contributed by atoms with Crippen LogP contribution in [-0.2, 0) is 14.4 Å². The molecule has 0 aliphatic heterocycles. The largest absolute Gasteiger partial charge is 0.480 e. The van der Waals surface area contributed by atoms with Crippen LogP contribution >= 0.6 is 0 Å². The first-order valence-electron chi connectivity index (χ1n) is 9.08. The third-order valence-electron chi connectivity index (χ3n) is 3.29. The quantitative estimate of drug-likeness (QED) is 0.0886. The SMILES string of the molecule is C[Te]CCC(N)C(=O)O.NC(=O)NCCCC(N)C(=O)O.NCCCC(N)C(=O)O. The number of hydrogen-bond donors (Lipinski definition) is 9. The van der Waals surface area contributed by atoms with Crippen molar-refractivity contribution in [2.24, 2.45) is 28.7 Å². The standard InChI is InChI=1S/C6H13N3O3.C5H12N2O2.C5H11NO2Te/c7-4(5(10)11)2-1-3-9-6(8)12;6-3-1-2-4(7)5(8)9;1-9-3-2-4(6)5(7)8/h4H,1-3,7H2,(H,10,11)(H3,8,9,12);4H,1-3,6-7H2,(H,8,9);4H,2-3,6H2,1H3,(H,7,8). The van der Waals surface area contributed by atoms with Gasteiger partial charge in [0.2, 0.25) is 0 Å². The number of primary amides is 1. The maximum Gasteiger partial charge on any atom is 0.320 e. The van der Waals surface area contributed by atoms with Crippen LogP contribution in [0.15, 0.2) is 0 Å². The van der Waals surface area contributed by atoms with Gasteiger partial charge < -0.3 is 38.5 Å². The van der Waals surface area contributed by atoms with Crippen LogP contribution in [0, 0.1) is 0 Å². The molecule has 13 nitrogen and oxygen atoms in total. The normalized spacial score (nSPS) is 12.7. The van der Waals surface area contributed by atoms with Crippen LogP contribution in [0.5, 0.6) is 0 Å². The van der Waals surface area contributed by atoms with Crippen LogP contribution in [0.2, 0.25) is 9.44 Å². The van der Waals surface area contributed by atoms with E-state index in [1.165, 1.54) is 0 Å². The minimum atomic E-state index is -1.03. The molecule has 178 valence electrons. The zero-order valence-corrected chi connectivity index (χ0v) is 19.5. The molecule has 3 unspecified atom stereocenters. The molecule has 0 fully saturated rings. The van der Waals surface area contributed by atoms with E-state index in [9.17, 15) is 19.2 Å². The fourth-order valence-corrected chi connectivity index (χ4v) is 2.88. The monoisotopic (exact) mass is 554 g/mol. The second-order valence-electron chi connectivity index (χ2n) is 5.98. The van der Waals surface area contributed by atoms with E-state index in [2.05, 4.69) is 10.3 Å². The Morgan fingerprint density at radius 2 is 1.23 bits per heavy atom. The number of rotatable bonds is 13. The molecule has 0 saturated heterocycles. The van der Waals surface area contributed by atoms with E-state index < -0.39 is 42.1 Å². The van der Waals surface area contributed by atoms with Gasteiger partial charge >= 0.3 is 82.4 Å². The molecule has 0 aromatic rings. The van der Waals surface area contributed by atoms with Crippen LogP contribution in [0.3, 0.4) is 0 Å². The summed E-state index contributed by atoms with van der Waals surface area (Å²) in [7, 11) is 0. The molecule has 0 aliphatic rings. The Labute approximate surface area is 186 Å². The molecular weight excluding hydrogens is 516 g/mol. The topological polar surface area (TPSA) is 271 Å². The van der Waals surface area contributed by atoms with Crippen molar-refractivity contribution in [2.45, 2.75) is 59.7 Å². The van der Waals surface area contributed by atoms with Crippen LogP contribution < -0.4 is 34.0 Å². The zero-order valence-electron chi connectivity index (χ0n) is 17.2. The molecule has 2 amide bonds. The summed E-state index contributed by atoms with van der Waals surface area (Å²) in [6.45, 7) is 0.858. The summed E-state index contributed by atoms with van der Waals surface area (Å²) < 4.78 is 1.03. The molecular formula is C16H36N6O7Te. The number of nitrogens with one attached hydrogen (secondary N) is 1. The van der Waals surface area contributed by atoms with Crippen molar-refractivity contribution in [3.05, 3.63) is 0 Å². The maximum absolute atomic E-state index is 10.2. The molecule has 3 atom stereocenters. The van der Waals surface area contributed by atoms with E-state index in [4.69, 9.17) is 44.0 Å². The van der Waals surface area contributed by atoms with Gasteiger partial charge in [-0.3, -0.25) is 9.59 Å². The first-order valence-corrected chi connectivity index (χ1v) is 13.1. The van der Waals surface area contributed by atoms with Crippen molar-refractivity contribution in [1.29, 1.82) is 0 Å². The third-order valence-corrected chi connectivity index (χ3v) is 5.13. The van der Waals surface area contributed by atoms with Crippen LogP contribution in [0.4, 0.5) is 4.79 Å². The molecule has 0 saturated carbocycles. The van der Waals surface area contributed by atoms with Gasteiger partial charge in [0.1, 0.15) is 12.1 Å².